The number of benzene rings is 6. The maximum absolute atomic E-state index is 13.0. The van der Waals surface area contributed by atoms with Crippen molar-refractivity contribution in [3.63, 3.8) is 0 Å². The molecular formula is C33H23N9O25S6. The van der Waals surface area contributed by atoms with E-state index >= 15 is 0 Å². The second-order valence-corrected chi connectivity index (χ2v) is 21.4. The Bertz CT molecular complexity index is 4080. The minimum absolute atomic E-state index is 0.0399. The zero-order chi connectivity index (χ0) is 54.5. The molecule has 73 heavy (non-hydrogen) atoms. The minimum Gasteiger partial charge on any atom is -0.505 e. The fourth-order valence-corrected chi connectivity index (χ4v) is 10.3. The minimum atomic E-state index is -5.71. The quantitative estimate of drug-likeness (QED) is 0.00870. The van der Waals surface area contributed by atoms with E-state index in [0.717, 1.165) is 25.3 Å². The molecule has 6 aromatic rings. The Morgan fingerprint density at radius 2 is 1.11 bits per heavy atom. The summed E-state index contributed by atoms with van der Waals surface area (Å²) in [6.45, 7) is 0. The molecule has 0 aliphatic heterocycles. The lowest BCUT2D eigenvalue weighted by Crippen LogP contribution is -2.04. The van der Waals surface area contributed by atoms with Crippen LogP contribution in [0.4, 0.5) is 51.2 Å². The fourth-order valence-electron chi connectivity index (χ4n) is 6.39. The van der Waals surface area contributed by atoms with Gasteiger partial charge in [0.05, 0.1) is 51.0 Å². The zero-order valence-electron chi connectivity index (χ0n) is 34.9. The average molecular weight is 1140 g/mol. The summed E-state index contributed by atoms with van der Waals surface area (Å²) in [4.78, 5) is 13.3. The molecule has 0 spiro atoms. The van der Waals surface area contributed by atoms with Crippen LogP contribution in [-0.2, 0) is 60.0 Å². The van der Waals surface area contributed by atoms with Crippen molar-refractivity contribution in [1.82, 2.24) is 0 Å². The van der Waals surface area contributed by atoms with Crippen LogP contribution < -0.4 is 10.5 Å². The number of anilines is 1. The summed E-state index contributed by atoms with van der Waals surface area (Å²) in [5, 5.41) is 76.3. The van der Waals surface area contributed by atoms with E-state index in [1.54, 1.807) is 0 Å². The largest absolute Gasteiger partial charge is 0.505 e. The maximum Gasteiger partial charge on any atom is 0.301 e. The summed E-state index contributed by atoms with van der Waals surface area (Å²) >= 11 is -0.0399. The molecule has 6 aromatic carbocycles. The van der Waals surface area contributed by atoms with Crippen LogP contribution in [0.15, 0.2) is 121 Å². The van der Waals surface area contributed by atoms with Gasteiger partial charge < -0.3 is 20.7 Å². The number of phenolic OH excluding ortho intramolecular Hbond substituents is 2. The summed E-state index contributed by atoms with van der Waals surface area (Å²) in [6, 6.07) is 5.61. The molecule has 0 fully saturated rings. The van der Waals surface area contributed by atoms with Crippen LogP contribution >= 0.6 is 12.0 Å². The Morgan fingerprint density at radius 3 is 1.66 bits per heavy atom. The number of nitrogens with zero attached hydrogens (tertiary/aromatic N) is 8. The van der Waals surface area contributed by atoms with Gasteiger partial charge in [0.15, 0.2) is 22.1 Å². The van der Waals surface area contributed by atoms with Crippen molar-refractivity contribution in [2.45, 2.75) is 29.4 Å². The van der Waals surface area contributed by atoms with Crippen LogP contribution in [0.1, 0.15) is 0 Å². The van der Waals surface area contributed by atoms with Crippen molar-refractivity contribution in [3.8, 4) is 17.2 Å². The second-order valence-electron chi connectivity index (χ2n) is 13.7. The van der Waals surface area contributed by atoms with E-state index in [0.29, 0.717) is 42.5 Å². The number of aromatic hydroxyl groups is 2. The van der Waals surface area contributed by atoms with Gasteiger partial charge in [0, 0.05) is 28.3 Å². The molecule has 0 heterocycles. The van der Waals surface area contributed by atoms with E-state index < -0.39 is 180 Å². The van der Waals surface area contributed by atoms with Gasteiger partial charge in [0.25, 0.3) is 51.8 Å². The van der Waals surface area contributed by atoms with Crippen LogP contribution in [0, 0.1) is 20.2 Å². The first-order valence-electron chi connectivity index (χ1n) is 18.1. The third-order valence-corrected chi connectivity index (χ3v) is 14.5. The summed E-state index contributed by atoms with van der Waals surface area (Å²) in [6.07, 6.45) is 0. The third-order valence-electron chi connectivity index (χ3n) is 9.40. The number of nitro groups is 2. The van der Waals surface area contributed by atoms with Crippen molar-refractivity contribution in [2.75, 3.05) is 12.8 Å². The molecule has 0 aliphatic carbocycles. The van der Waals surface area contributed by atoms with E-state index in [1.807, 2.05) is 0 Å². The van der Waals surface area contributed by atoms with Gasteiger partial charge in [-0.05, 0) is 42.5 Å². The van der Waals surface area contributed by atoms with Gasteiger partial charge in [-0.25, -0.2) is 5.26 Å². The van der Waals surface area contributed by atoms with Crippen molar-refractivity contribution < 1.29 is 104 Å². The highest BCUT2D eigenvalue weighted by molar-refractivity contribution is 7.94. The number of nitrogen functional groups attached to an aromatic ring is 1. The molecule has 0 atom stereocenters. The van der Waals surface area contributed by atoms with Gasteiger partial charge in [-0.1, -0.05) is 5.04 Å². The molecule has 386 valence electrons. The lowest BCUT2D eigenvalue weighted by Gasteiger charge is -2.15. The van der Waals surface area contributed by atoms with E-state index in [9.17, 15) is 95.3 Å². The average Bonchev–Trinajstić information content (AvgIpc) is 3.27. The van der Waals surface area contributed by atoms with Gasteiger partial charge in [0.1, 0.15) is 53.7 Å². The number of azo groups is 3. The van der Waals surface area contributed by atoms with E-state index in [4.69, 9.17) is 15.7 Å². The highest BCUT2D eigenvalue weighted by Gasteiger charge is 2.31. The Hall–Kier alpha value is -7.58. The Kier molecular flexibility index (Phi) is 14.8. The summed E-state index contributed by atoms with van der Waals surface area (Å²) < 4.78 is 184. The number of methoxy groups -OCH3 is 1. The number of hydrogen-bond acceptors (Lipinski definition) is 28. The Morgan fingerprint density at radius 1 is 0.562 bits per heavy atom. The maximum atomic E-state index is 13.0. The van der Waals surface area contributed by atoms with Gasteiger partial charge in [-0.2, -0.15) is 42.1 Å². The Balaban J connectivity index is 1.59. The van der Waals surface area contributed by atoms with Crippen molar-refractivity contribution in [2.24, 2.45) is 30.7 Å². The molecule has 0 saturated heterocycles. The lowest BCUT2D eigenvalue weighted by molar-refractivity contribution is -0.432. The molecule has 0 radical (unpaired) electrons. The number of non-ortho nitro benzene ring substituents is 1. The molecule has 0 bridgehead atoms. The smallest absolute Gasteiger partial charge is 0.301 e. The summed E-state index contributed by atoms with van der Waals surface area (Å²) in [5.74, 6) is -3.22. The van der Waals surface area contributed by atoms with E-state index in [1.165, 1.54) is 0 Å². The molecule has 10 N–H and O–H groups in total. The van der Waals surface area contributed by atoms with Gasteiger partial charge in [-0.15, -0.1) is 35.0 Å². The van der Waals surface area contributed by atoms with Gasteiger partial charge in [0.2, 0.25) is 0 Å². The number of nitro benzene ring substituents is 2. The zero-order valence-corrected chi connectivity index (χ0v) is 39.8. The van der Waals surface area contributed by atoms with E-state index in [2.05, 4.69) is 40.1 Å². The number of fused-ring (bicyclic) bond motifs is 2. The molecule has 0 unspecified atom stereocenters. The number of nitrogens with two attached hydrogens (primary N) is 1. The topological polar surface area (TPSA) is 547 Å². The number of hydrogen-bond donors (Lipinski definition) is 9. The van der Waals surface area contributed by atoms with Crippen molar-refractivity contribution >= 4 is 135 Å². The molecule has 40 heteroatoms. The van der Waals surface area contributed by atoms with Crippen LogP contribution in [0.3, 0.4) is 0 Å². The number of rotatable bonds is 17. The number of phenols is 2. The fraction of sp³-hybridized carbons (Fsp3) is 0.0303. The van der Waals surface area contributed by atoms with Gasteiger partial charge >= 0.3 is 10.1 Å². The van der Waals surface area contributed by atoms with Crippen LogP contribution in [0.5, 0.6) is 17.2 Å². The van der Waals surface area contributed by atoms with E-state index in [-0.39, 0.29) is 12.0 Å². The molecule has 6 rings (SSSR count). The molecule has 0 aromatic heterocycles. The predicted octanol–water partition coefficient (Wildman–Crippen LogP) is 6.72. The van der Waals surface area contributed by atoms with Crippen LogP contribution in [0.25, 0.3) is 21.5 Å². The first-order chi connectivity index (χ1) is 33.7. The standard InChI is InChI=1S/C33H23N9O25S6/c1-65-21-11-20(42(47)48)25(71(56,57)58)9-18(21)37-40-30-26(72(59,60)61)8-14-13(31(30)43)3-5-17(33(14)73(62,63)64)36-38-19-10-23(69(50,51)52)15-7-22(68-67-66-49)29(32(44)27(15)28(19)34)39-35-16-4-2-12(41(45)46)6-24(16)70(53,54)55/h2-11,43-44,49H,34H2,1H3,(H,50,51,52)(H,53,54,55)(H,56,57,58)(H,59,60,61)(H,62,63,64). The third kappa shape index (κ3) is 11.2. The van der Waals surface area contributed by atoms with Crippen LogP contribution in [0.2, 0.25) is 0 Å². The number of ether oxygens (including phenoxy) is 1. The molecular weight excluding hydrogens is 1110 g/mol. The molecule has 0 aliphatic rings. The van der Waals surface area contributed by atoms with Gasteiger partial charge in [-0.3, -0.25) is 43.0 Å². The first kappa shape index (κ1) is 54.7. The summed E-state index contributed by atoms with van der Waals surface area (Å²) in [5.41, 5.74) is -2.21. The second kappa shape index (κ2) is 19.8. The Labute approximate surface area is 408 Å². The monoisotopic (exact) mass is 1140 g/mol. The molecule has 34 nitrogen and oxygen atoms in total. The highest BCUT2D eigenvalue weighted by Crippen LogP contribution is 2.51. The molecule has 0 amide bonds. The first-order valence-corrected chi connectivity index (χ1v) is 26.0. The predicted molar refractivity (Wildman–Crippen MR) is 241 cm³/mol. The normalized spacial score (nSPS) is 13.0. The SMILES string of the molecule is COc1cc([N+](=O)[O-])c(S(=O)(=O)O)cc1N=Nc1c(S(=O)(=O)O)cc2c(S(=O)(=O)O)c(N=Nc3cc(S(=O)(=O)O)c4cc(SOOO)c(N=Nc5ccc([N+](=O)[O-])cc5S(=O)(=O)O)c(O)c4c3N)ccc2c1O. The lowest BCUT2D eigenvalue weighted by atomic mass is 10.0. The van der Waals surface area contributed by atoms with Crippen molar-refractivity contribution in [1.29, 1.82) is 0 Å². The molecule has 0 saturated carbocycles. The summed E-state index contributed by atoms with van der Waals surface area (Å²) in [7, 11) is -26.6. The van der Waals surface area contributed by atoms with Crippen LogP contribution in [-0.4, -0.2) is 97.3 Å². The van der Waals surface area contributed by atoms with Crippen molar-refractivity contribution in [3.05, 3.63) is 80.9 Å². The highest BCUT2D eigenvalue weighted by atomic mass is 32.2.